The Labute approximate surface area is 71.2 Å². The molecule has 1 rings (SSSR count). The molecule has 1 heterocycles. The number of pyridine rings is 1. The molecular weight excluding hydrogens is 156 g/mol. The van der Waals surface area contributed by atoms with Gasteiger partial charge in [0.2, 0.25) is 0 Å². The van der Waals surface area contributed by atoms with Crippen molar-refractivity contribution in [3.63, 3.8) is 0 Å². The first kappa shape index (κ1) is 8.40. The van der Waals surface area contributed by atoms with Gasteiger partial charge in [0, 0.05) is 16.7 Å². The van der Waals surface area contributed by atoms with E-state index in [1.54, 1.807) is 18.0 Å². The summed E-state index contributed by atoms with van der Waals surface area (Å²) in [4.78, 5) is 5.22. The van der Waals surface area contributed by atoms with E-state index in [0.717, 1.165) is 11.3 Å². The molecule has 0 amide bonds. The second-order valence-electron chi connectivity index (χ2n) is 2.25. The summed E-state index contributed by atoms with van der Waals surface area (Å²) >= 11 is 1.80. The Bertz CT molecular complexity index is 248. The number of anilines is 1. The van der Waals surface area contributed by atoms with E-state index >= 15 is 0 Å². The molecule has 3 heteroatoms. The van der Waals surface area contributed by atoms with Crippen LogP contribution >= 0.6 is 11.8 Å². The van der Waals surface area contributed by atoms with Crippen molar-refractivity contribution in [1.29, 1.82) is 0 Å². The van der Waals surface area contributed by atoms with E-state index in [1.165, 1.54) is 4.90 Å². The lowest BCUT2D eigenvalue weighted by Crippen LogP contribution is -1.94. The third kappa shape index (κ3) is 1.87. The van der Waals surface area contributed by atoms with Crippen molar-refractivity contribution in [1.82, 2.24) is 4.98 Å². The lowest BCUT2D eigenvalue weighted by molar-refractivity contribution is 1.19. The highest BCUT2D eigenvalue weighted by atomic mass is 32.2. The van der Waals surface area contributed by atoms with Gasteiger partial charge in [0.25, 0.3) is 0 Å². The first-order chi connectivity index (χ1) is 5.25. The van der Waals surface area contributed by atoms with Gasteiger partial charge in [0.05, 0.1) is 0 Å². The van der Waals surface area contributed by atoms with Gasteiger partial charge < -0.3 is 5.73 Å². The summed E-state index contributed by atoms with van der Waals surface area (Å²) in [6.45, 7) is 4.13. The fourth-order valence-corrected chi connectivity index (χ4v) is 1.63. The number of thioether (sulfide) groups is 1. The van der Waals surface area contributed by atoms with Crippen LogP contribution in [-0.2, 0) is 0 Å². The van der Waals surface area contributed by atoms with E-state index in [4.69, 9.17) is 5.73 Å². The lowest BCUT2D eigenvalue weighted by Gasteiger charge is -2.04. The molecule has 0 radical (unpaired) electrons. The SMILES string of the molecule is CCSc1ccnc(N)c1C. The van der Waals surface area contributed by atoms with Gasteiger partial charge in [0.1, 0.15) is 5.82 Å². The zero-order valence-corrected chi connectivity index (χ0v) is 7.61. The van der Waals surface area contributed by atoms with Gasteiger partial charge in [-0.2, -0.15) is 0 Å². The molecule has 0 atom stereocenters. The molecule has 0 fully saturated rings. The number of nitrogens with zero attached hydrogens (tertiary/aromatic N) is 1. The molecule has 0 bridgehead atoms. The van der Waals surface area contributed by atoms with E-state index in [-0.39, 0.29) is 0 Å². The Morgan fingerprint density at radius 2 is 2.36 bits per heavy atom. The summed E-state index contributed by atoms with van der Waals surface area (Å²) in [5.74, 6) is 1.72. The molecule has 0 aliphatic rings. The molecule has 2 N–H and O–H groups in total. The Morgan fingerprint density at radius 1 is 1.64 bits per heavy atom. The summed E-state index contributed by atoms with van der Waals surface area (Å²) in [6, 6.07) is 2.00. The standard InChI is InChI=1S/C8H12N2S/c1-3-11-7-4-5-10-8(9)6(7)2/h4-5H,3H2,1-2H3,(H2,9,10). The molecule has 11 heavy (non-hydrogen) atoms. The van der Waals surface area contributed by atoms with E-state index in [1.807, 2.05) is 13.0 Å². The highest BCUT2D eigenvalue weighted by molar-refractivity contribution is 7.99. The smallest absolute Gasteiger partial charge is 0.127 e. The minimum absolute atomic E-state index is 0.642. The van der Waals surface area contributed by atoms with Crippen molar-refractivity contribution in [3.05, 3.63) is 17.8 Å². The molecule has 0 unspecified atom stereocenters. The van der Waals surface area contributed by atoms with Crippen LogP contribution in [0.25, 0.3) is 0 Å². The fourth-order valence-electron chi connectivity index (χ4n) is 0.845. The molecule has 60 valence electrons. The van der Waals surface area contributed by atoms with Gasteiger partial charge in [-0.25, -0.2) is 4.98 Å². The zero-order valence-electron chi connectivity index (χ0n) is 6.79. The summed E-state index contributed by atoms with van der Waals surface area (Å²) in [6.07, 6.45) is 1.75. The summed E-state index contributed by atoms with van der Waals surface area (Å²) in [7, 11) is 0. The predicted molar refractivity (Wildman–Crippen MR) is 49.8 cm³/mol. The number of nitrogen functional groups attached to an aromatic ring is 1. The second kappa shape index (κ2) is 3.62. The maximum atomic E-state index is 5.63. The molecule has 2 nitrogen and oxygen atoms in total. The first-order valence-corrected chi connectivity index (χ1v) is 4.58. The van der Waals surface area contributed by atoms with E-state index in [9.17, 15) is 0 Å². The first-order valence-electron chi connectivity index (χ1n) is 3.59. The van der Waals surface area contributed by atoms with Gasteiger partial charge in [-0.05, 0) is 18.7 Å². The number of hydrogen-bond donors (Lipinski definition) is 1. The van der Waals surface area contributed by atoms with Crippen LogP contribution in [0.4, 0.5) is 5.82 Å². The number of aromatic nitrogens is 1. The maximum Gasteiger partial charge on any atom is 0.127 e. The summed E-state index contributed by atoms with van der Waals surface area (Å²) in [5, 5.41) is 0. The van der Waals surface area contributed by atoms with Crippen molar-refractivity contribution >= 4 is 17.6 Å². The highest BCUT2D eigenvalue weighted by Gasteiger charge is 2.00. The Hall–Kier alpha value is -0.700. The zero-order chi connectivity index (χ0) is 8.27. The van der Waals surface area contributed by atoms with Crippen LogP contribution in [0.3, 0.4) is 0 Å². The van der Waals surface area contributed by atoms with E-state index < -0.39 is 0 Å². The number of nitrogens with two attached hydrogens (primary N) is 1. The van der Waals surface area contributed by atoms with Crippen LogP contribution in [-0.4, -0.2) is 10.7 Å². The van der Waals surface area contributed by atoms with Gasteiger partial charge in [-0.1, -0.05) is 6.92 Å². The summed E-state index contributed by atoms with van der Waals surface area (Å²) in [5.41, 5.74) is 6.72. The third-order valence-electron chi connectivity index (χ3n) is 1.49. The van der Waals surface area contributed by atoms with Crippen LogP contribution in [0.1, 0.15) is 12.5 Å². The number of rotatable bonds is 2. The third-order valence-corrected chi connectivity index (χ3v) is 2.54. The topological polar surface area (TPSA) is 38.9 Å². The van der Waals surface area contributed by atoms with Gasteiger partial charge in [-0.3, -0.25) is 0 Å². The average Bonchev–Trinajstić information content (AvgIpc) is 1.99. The average molecular weight is 168 g/mol. The lowest BCUT2D eigenvalue weighted by atomic mass is 10.3. The molecule has 0 aliphatic carbocycles. The van der Waals surface area contributed by atoms with Gasteiger partial charge >= 0.3 is 0 Å². The molecule has 0 aliphatic heterocycles. The minimum atomic E-state index is 0.642. The van der Waals surface area contributed by atoms with Crippen LogP contribution in [0, 0.1) is 6.92 Å². The molecule has 0 aromatic carbocycles. The van der Waals surface area contributed by atoms with Gasteiger partial charge in [-0.15, -0.1) is 11.8 Å². The van der Waals surface area contributed by atoms with Crippen LogP contribution < -0.4 is 5.73 Å². The monoisotopic (exact) mass is 168 g/mol. The van der Waals surface area contributed by atoms with Crippen LogP contribution in [0.15, 0.2) is 17.2 Å². The van der Waals surface area contributed by atoms with Crippen LogP contribution in [0.2, 0.25) is 0 Å². The molecule has 1 aromatic heterocycles. The quantitative estimate of drug-likeness (QED) is 0.687. The molecule has 0 spiro atoms. The molecule has 0 saturated heterocycles. The molecule has 1 aromatic rings. The Balaban J connectivity index is 2.96. The fraction of sp³-hybridized carbons (Fsp3) is 0.375. The Kier molecular flexibility index (Phi) is 2.76. The van der Waals surface area contributed by atoms with Crippen LogP contribution in [0.5, 0.6) is 0 Å². The van der Waals surface area contributed by atoms with E-state index in [2.05, 4.69) is 11.9 Å². The van der Waals surface area contributed by atoms with Crippen molar-refractivity contribution in [2.24, 2.45) is 0 Å². The van der Waals surface area contributed by atoms with Gasteiger partial charge in [0.15, 0.2) is 0 Å². The minimum Gasteiger partial charge on any atom is -0.383 e. The van der Waals surface area contributed by atoms with E-state index in [0.29, 0.717) is 5.82 Å². The highest BCUT2D eigenvalue weighted by Crippen LogP contribution is 2.23. The number of hydrogen-bond acceptors (Lipinski definition) is 3. The molecular formula is C8H12N2S. The second-order valence-corrected chi connectivity index (χ2v) is 3.56. The van der Waals surface area contributed by atoms with Crippen molar-refractivity contribution in [3.8, 4) is 0 Å². The van der Waals surface area contributed by atoms with Crippen molar-refractivity contribution < 1.29 is 0 Å². The van der Waals surface area contributed by atoms with Crippen molar-refractivity contribution in [2.75, 3.05) is 11.5 Å². The Morgan fingerprint density at radius 3 is 3.00 bits per heavy atom. The molecule has 0 saturated carbocycles. The maximum absolute atomic E-state index is 5.63. The normalized spacial score (nSPS) is 10.0. The van der Waals surface area contributed by atoms with Crippen molar-refractivity contribution in [2.45, 2.75) is 18.7 Å². The largest absolute Gasteiger partial charge is 0.383 e. The summed E-state index contributed by atoms with van der Waals surface area (Å²) < 4.78 is 0. The predicted octanol–water partition coefficient (Wildman–Crippen LogP) is 2.08.